The van der Waals surface area contributed by atoms with E-state index in [1.165, 1.54) is 4.68 Å². The van der Waals surface area contributed by atoms with Crippen LogP contribution in [-0.4, -0.2) is 33.4 Å². The third kappa shape index (κ3) is 4.09. The van der Waals surface area contributed by atoms with Gasteiger partial charge in [-0.25, -0.2) is 0 Å². The van der Waals surface area contributed by atoms with Crippen LogP contribution in [0.3, 0.4) is 0 Å². The molecule has 2 aromatic heterocycles. The van der Waals surface area contributed by atoms with Crippen LogP contribution in [0.1, 0.15) is 15.9 Å². The number of aryl methyl sites for hydroxylation is 1. The highest BCUT2D eigenvalue weighted by Gasteiger charge is 2.28. The van der Waals surface area contributed by atoms with Crippen molar-refractivity contribution < 1.29 is 18.8 Å². The van der Waals surface area contributed by atoms with Crippen molar-refractivity contribution in [3.05, 3.63) is 78.2 Å². The van der Waals surface area contributed by atoms with Crippen molar-refractivity contribution in [2.75, 3.05) is 0 Å². The number of carbonyl (C=O) groups is 3. The summed E-state index contributed by atoms with van der Waals surface area (Å²) in [6, 6.07) is 15.4. The maximum Gasteiger partial charge on any atom is 0.287 e. The van der Waals surface area contributed by atoms with Crippen LogP contribution >= 0.6 is 0 Å². The molecule has 2 aromatic carbocycles. The van der Waals surface area contributed by atoms with Crippen LogP contribution in [0.2, 0.25) is 0 Å². The standard InChI is InChI=1S/C23H20N4O4/c1-27-12-16(20(26-27)17-13-31-19-10-6-5-9-15(17)19)23(30)25-18(21(28)22(24)29)11-14-7-3-2-4-8-14/h2-10,12-13,18H,11H2,1H3,(H2,24,29)(H,25,30). The number of rotatable bonds is 7. The molecule has 31 heavy (non-hydrogen) atoms. The Labute approximate surface area is 177 Å². The molecule has 0 radical (unpaired) electrons. The van der Waals surface area contributed by atoms with Gasteiger partial charge in [0.15, 0.2) is 0 Å². The van der Waals surface area contributed by atoms with Crippen molar-refractivity contribution >= 4 is 28.6 Å². The molecular weight excluding hydrogens is 396 g/mol. The Morgan fingerprint density at radius 1 is 1.10 bits per heavy atom. The number of nitrogens with two attached hydrogens (primary N) is 1. The summed E-state index contributed by atoms with van der Waals surface area (Å²) in [7, 11) is 1.69. The van der Waals surface area contributed by atoms with E-state index in [2.05, 4.69) is 10.4 Å². The molecule has 0 bridgehead atoms. The average molecular weight is 416 g/mol. The second-order valence-electron chi connectivity index (χ2n) is 7.15. The van der Waals surface area contributed by atoms with Crippen molar-refractivity contribution in [3.63, 3.8) is 0 Å². The van der Waals surface area contributed by atoms with Crippen molar-refractivity contribution in [1.29, 1.82) is 0 Å². The molecule has 8 heteroatoms. The van der Waals surface area contributed by atoms with Gasteiger partial charge in [-0.2, -0.15) is 5.10 Å². The van der Waals surface area contributed by atoms with Gasteiger partial charge in [-0.1, -0.05) is 48.5 Å². The number of nitrogens with one attached hydrogen (secondary N) is 1. The largest absolute Gasteiger partial charge is 0.464 e. The Bertz CT molecular complexity index is 1270. The van der Waals surface area contributed by atoms with E-state index in [1.807, 2.05) is 42.5 Å². The number of Topliss-reactive ketones (excluding diaryl/α,β-unsaturated/α-hetero) is 1. The first kappa shape index (κ1) is 20.1. The van der Waals surface area contributed by atoms with E-state index in [4.69, 9.17) is 10.2 Å². The second kappa shape index (κ2) is 8.27. The molecule has 0 fully saturated rings. The van der Waals surface area contributed by atoms with E-state index in [0.717, 1.165) is 10.9 Å². The Morgan fingerprint density at radius 3 is 2.55 bits per heavy atom. The fourth-order valence-electron chi connectivity index (χ4n) is 3.48. The number of hydrogen-bond acceptors (Lipinski definition) is 5. The first-order valence-corrected chi connectivity index (χ1v) is 9.62. The van der Waals surface area contributed by atoms with Gasteiger partial charge in [0.2, 0.25) is 5.78 Å². The highest BCUT2D eigenvalue weighted by atomic mass is 16.3. The lowest BCUT2D eigenvalue weighted by Crippen LogP contribution is -2.47. The summed E-state index contributed by atoms with van der Waals surface area (Å²) < 4.78 is 7.09. The molecule has 2 amide bonds. The summed E-state index contributed by atoms with van der Waals surface area (Å²) in [5.41, 5.74) is 7.98. The molecular formula is C23H20N4O4. The lowest BCUT2D eigenvalue weighted by atomic mass is 10.0. The third-order valence-electron chi connectivity index (χ3n) is 4.96. The zero-order valence-electron chi connectivity index (χ0n) is 16.7. The van der Waals surface area contributed by atoms with Gasteiger partial charge in [0.05, 0.1) is 5.56 Å². The van der Waals surface area contributed by atoms with Crippen LogP contribution in [0.15, 0.2) is 71.5 Å². The lowest BCUT2D eigenvalue weighted by molar-refractivity contribution is -0.137. The normalized spacial score (nSPS) is 11.9. The number of nitrogens with zero attached hydrogens (tertiary/aromatic N) is 2. The zero-order chi connectivity index (χ0) is 22.0. The molecule has 8 nitrogen and oxygen atoms in total. The minimum absolute atomic E-state index is 0.137. The number of hydrogen-bond donors (Lipinski definition) is 2. The fourth-order valence-corrected chi connectivity index (χ4v) is 3.48. The van der Waals surface area contributed by atoms with Crippen LogP contribution in [0, 0.1) is 0 Å². The molecule has 3 N–H and O–H groups in total. The molecule has 4 aromatic rings. The second-order valence-corrected chi connectivity index (χ2v) is 7.15. The number of para-hydroxylation sites is 1. The van der Waals surface area contributed by atoms with Gasteiger partial charge >= 0.3 is 0 Å². The summed E-state index contributed by atoms with van der Waals surface area (Å²) in [6.45, 7) is 0. The zero-order valence-corrected chi connectivity index (χ0v) is 16.7. The van der Waals surface area contributed by atoms with Gasteiger partial charge in [0.25, 0.3) is 11.8 Å². The van der Waals surface area contributed by atoms with Crippen LogP contribution in [-0.2, 0) is 23.1 Å². The minimum Gasteiger partial charge on any atom is -0.464 e. The third-order valence-corrected chi connectivity index (χ3v) is 4.96. The summed E-state index contributed by atoms with van der Waals surface area (Å²) >= 11 is 0. The van der Waals surface area contributed by atoms with Gasteiger partial charge in [0.1, 0.15) is 23.6 Å². The predicted molar refractivity (Wildman–Crippen MR) is 114 cm³/mol. The number of ketones is 1. The van der Waals surface area contributed by atoms with Gasteiger partial charge < -0.3 is 15.5 Å². The molecule has 0 aliphatic heterocycles. The molecule has 1 unspecified atom stereocenters. The fraction of sp³-hybridized carbons (Fsp3) is 0.130. The number of amides is 2. The molecule has 2 heterocycles. The molecule has 156 valence electrons. The van der Waals surface area contributed by atoms with Crippen molar-refractivity contribution in [2.45, 2.75) is 12.5 Å². The summed E-state index contributed by atoms with van der Waals surface area (Å²) in [4.78, 5) is 37.1. The van der Waals surface area contributed by atoms with Crippen molar-refractivity contribution in [2.24, 2.45) is 12.8 Å². The SMILES string of the molecule is Cn1cc(C(=O)NC(Cc2ccccc2)C(=O)C(N)=O)c(-c2coc3ccccc23)n1. The molecule has 4 rings (SSSR count). The van der Waals surface area contributed by atoms with Crippen LogP contribution < -0.4 is 11.1 Å². The average Bonchev–Trinajstić information content (AvgIpc) is 3.36. The maximum absolute atomic E-state index is 13.1. The van der Waals surface area contributed by atoms with Crippen LogP contribution in [0.5, 0.6) is 0 Å². The van der Waals surface area contributed by atoms with E-state index >= 15 is 0 Å². The van der Waals surface area contributed by atoms with E-state index in [-0.39, 0.29) is 12.0 Å². The summed E-state index contributed by atoms with van der Waals surface area (Å²) in [6.07, 6.45) is 3.24. The first-order chi connectivity index (χ1) is 14.9. The minimum atomic E-state index is -1.10. The van der Waals surface area contributed by atoms with Gasteiger partial charge in [-0.3, -0.25) is 19.1 Å². The number of furan rings is 1. The van der Waals surface area contributed by atoms with E-state index in [9.17, 15) is 14.4 Å². The Morgan fingerprint density at radius 2 is 1.81 bits per heavy atom. The monoisotopic (exact) mass is 416 g/mol. The quantitative estimate of drug-likeness (QED) is 0.448. The Hall–Kier alpha value is -4.20. The topological polar surface area (TPSA) is 120 Å². The van der Waals surface area contributed by atoms with E-state index < -0.39 is 23.6 Å². The van der Waals surface area contributed by atoms with Crippen LogP contribution in [0.4, 0.5) is 0 Å². The van der Waals surface area contributed by atoms with Gasteiger partial charge in [0, 0.05) is 30.6 Å². The van der Waals surface area contributed by atoms with Gasteiger partial charge in [-0.15, -0.1) is 0 Å². The number of fused-ring (bicyclic) bond motifs is 1. The molecule has 0 spiro atoms. The highest BCUT2D eigenvalue weighted by molar-refractivity contribution is 6.38. The lowest BCUT2D eigenvalue weighted by Gasteiger charge is -2.16. The summed E-state index contributed by atoms with van der Waals surface area (Å²) in [5, 5.41) is 7.88. The Balaban J connectivity index is 1.67. The predicted octanol–water partition coefficient (Wildman–Crippen LogP) is 2.23. The molecule has 1 atom stereocenters. The molecule has 0 aliphatic carbocycles. The van der Waals surface area contributed by atoms with Crippen molar-refractivity contribution in [1.82, 2.24) is 15.1 Å². The molecule has 0 saturated heterocycles. The van der Waals surface area contributed by atoms with E-state index in [1.54, 1.807) is 31.6 Å². The van der Waals surface area contributed by atoms with Gasteiger partial charge in [-0.05, 0) is 11.6 Å². The van der Waals surface area contributed by atoms with Crippen LogP contribution in [0.25, 0.3) is 22.2 Å². The molecule has 0 aliphatic rings. The smallest absolute Gasteiger partial charge is 0.287 e. The number of carbonyl (C=O) groups excluding carboxylic acids is 3. The number of aromatic nitrogens is 2. The molecule has 0 saturated carbocycles. The van der Waals surface area contributed by atoms with Crippen molar-refractivity contribution in [3.8, 4) is 11.3 Å². The highest BCUT2D eigenvalue weighted by Crippen LogP contribution is 2.31. The summed E-state index contributed by atoms with van der Waals surface area (Å²) in [5.74, 6) is -2.51. The maximum atomic E-state index is 13.1. The first-order valence-electron chi connectivity index (χ1n) is 9.62. The Kier molecular flexibility index (Phi) is 5.36. The number of benzene rings is 2. The number of primary amides is 1. The van der Waals surface area contributed by atoms with E-state index in [0.29, 0.717) is 16.8 Å².